The number of hydrogen-bond donors (Lipinski definition) is 1. The first-order valence-electron chi connectivity index (χ1n) is 7.66. The van der Waals surface area contributed by atoms with Gasteiger partial charge in [-0.1, -0.05) is 24.3 Å². The Morgan fingerprint density at radius 2 is 1.95 bits per heavy atom. The first-order chi connectivity index (χ1) is 10.3. The molecule has 1 aromatic carbocycles. The van der Waals surface area contributed by atoms with Crippen LogP contribution in [0, 0.1) is 0 Å². The van der Waals surface area contributed by atoms with Gasteiger partial charge in [-0.3, -0.25) is 4.90 Å². The fourth-order valence-corrected chi connectivity index (χ4v) is 3.03. The summed E-state index contributed by atoms with van der Waals surface area (Å²) < 4.78 is 0. The average Bonchev–Trinajstić information content (AvgIpc) is 3.16. The van der Waals surface area contributed by atoms with Crippen LogP contribution in [0.25, 0.3) is 0 Å². The highest BCUT2D eigenvalue weighted by atomic mass is 32.1. The van der Waals surface area contributed by atoms with Crippen molar-refractivity contribution in [2.24, 2.45) is 0 Å². The number of nitrogens with one attached hydrogen (secondary N) is 1. The monoisotopic (exact) mass is 301 g/mol. The van der Waals surface area contributed by atoms with Crippen molar-refractivity contribution in [2.45, 2.75) is 38.4 Å². The van der Waals surface area contributed by atoms with Crippen LogP contribution < -0.4 is 5.32 Å². The maximum atomic E-state index is 4.33. The van der Waals surface area contributed by atoms with Crippen molar-refractivity contribution in [3.8, 4) is 0 Å². The number of hydrogen-bond acceptors (Lipinski definition) is 4. The van der Waals surface area contributed by atoms with E-state index >= 15 is 0 Å². The van der Waals surface area contributed by atoms with Crippen LogP contribution in [0.15, 0.2) is 35.2 Å². The maximum absolute atomic E-state index is 4.33. The third-order valence-corrected chi connectivity index (χ3v) is 4.45. The summed E-state index contributed by atoms with van der Waals surface area (Å²) >= 11 is 1.66. The normalized spacial score (nSPS) is 14.8. The molecule has 1 aliphatic rings. The largest absolute Gasteiger partial charge is 0.314 e. The molecule has 0 saturated heterocycles. The van der Waals surface area contributed by atoms with Crippen LogP contribution in [0.5, 0.6) is 0 Å². The summed E-state index contributed by atoms with van der Waals surface area (Å²) in [6.45, 7) is 2.99. The molecule has 0 spiro atoms. The maximum Gasteiger partial charge on any atom is 0.0795 e. The number of rotatable bonds is 8. The fourth-order valence-electron chi connectivity index (χ4n) is 2.48. The smallest absolute Gasteiger partial charge is 0.0795 e. The average molecular weight is 301 g/mol. The molecule has 2 aromatic rings. The first-order valence-corrected chi connectivity index (χ1v) is 8.61. The minimum absolute atomic E-state index is 0.809. The Hall–Kier alpha value is -1.23. The zero-order valence-corrected chi connectivity index (χ0v) is 13.4. The van der Waals surface area contributed by atoms with E-state index in [0.29, 0.717) is 0 Å². The number of benzene rings is 1. The van der Waals surface area contributed by atoms with E-state index in [-0.39, 0.29) is 0 Å². The lowest BCUT2D eigenvalue weighted by molar-refractivity contribution is 0.316. The summed E-state index contributed by atoms with van der Waals surface area (Å²) in [5, 5.41) is 5.68. The standard InChI is InChI=1S/C17H23N3S/c1-20(11-17-12-21-13-19-17)10-15-4-2-14(3-5-15)8-9-18-16-6-7-16/h2-5,12-13,16,18H,6-11H2,1H3. The topological polar surface area (TPSA) is 28.2 Å². The number of thiazole rings is 1. The molecule has 0 atom stereocenters. The minimum Gasteiger partial charge on any atom is -0.314 e. The Morgan fingerprint density at radius 1 is 1.19 bits per heavy atom. The van der Waals surface area contributed by atoms with Crippen LogP contribution >= 0.6 is 11.3 Å². The van der Waals surface area contributed by atoms with E-state index < -0.39 is 0 Å². The van der Waals surface area contributed by atoms with E-state index in [1.54, 1.807) is 11.3 Å². The molecule has 112 valence electrons. The lowest BCUT2D eigenvalue weighted by atomic mass is 10.1. The molecule has 0 radical (unpaired) electrons. The molecular weight excluding hydrogens is 278 g/mol. The van der Waals surface area contributed by atoms with Gasteiger partial charge in [0.25, 0.3) is 0 Å². The number of nitrogens with zero attached hydrogens (tertiary/aromatic N) is 2. The quantitative estimate of drug-likeness (QED) is 0.812. The molecule has 1 aromatic heterocycles. The third-order valence-electron chi connectivity index (χ3n) is 3.81. The van der Waals surface area contributed by atoms with Crippen molar-refractivity contribution in [1.29, 1.82) is 0 Å². The Morgan fingerprint density at radius 3 is 2.62 bits per heavy atom. The second-order valence-corrected chi connectivity index (χ2v) is 6.67. The van der Waals surface area contributed by atoms with Crippen molar-refractivity contribution >= 4 is 11.3 Å². The SMILES string of the molecule is CN(Cc1ccc(CCNC2CC2)cc1)Cc1cscn1. The Balaban J connectivity index is 1.44. The molecule has 21 heavy (non-hydrogen) atoms. The zero-order valence-electron chi connectivity index (χ0n) is 12.6. The molecule has 1 heterocycles. The number of aromatic nitrogens is 1. The lowest BCUT2D eigenvalue weighted by Gasteiger charge is -2.15. The van der Waals surface area contributed by atoms with Crippen LogP contribution in [0.4, 0.5) is 0 Å². The van der Waals surface area contributed by atoms with Crippen LogP contribution in [0.3, 0.4) is 0 Å². The molecule has 1 aliphatic carbocycles. The fraction of sp³-hybridized carbons (Fsp3) is 0.471. The highest BCUT2D eigenvalue weighted by molar-refractivity contribution is 7.07. The van der Waals surface area contributed by atoms with Gasteiger partial charge >= 0.3 is 0 Å². The Labute approximate surface area is 131 Å². The van der Waals surface area contributed by atoms with Gasteiger partial charge in [-0.05, 0) is 44.0 Å². The molecule has 3 rings (SSSR count). The van der Waals surface area contributed by atoms with E-state index in [0.717, 1.165) is 37.8 Å². The van der Waals surface area contributed by atoms with E-state index in [1.807, 2.05) is 5.51 Å². The summed E-state index contributed by atoms with van der Waals surface area (Å²) in [6.07, 6.45) is 3.86. The van der Waals surface area contributed by atoms with Crippen LogP contribution in [-0.2, 0) is 19.5 Å². The predicted molar refractivity (Wildman–Crippen MR) is 88.5 cm³/mol. The van der Waals surface area contributed by atoms with Gasteiger partial charge in [0.05, 0.1) is 11.2 Å². The summed E-state index contributed by atoms with van der Waals surface area (Å²) in [4.78, 5) is 6.64. The third kappa shape index (κ3) is 4.92. The summed E-state index contributed by atoms with van der Waals surface area (Å²) in [5.74, 6) is 0. The van der Waals surface area contributed by atoms with E-state index in [1.165, 1.54) is 24.0 Å². The zero-order chi connectivity index (χ0) is 14.5. The highest BCUT2D eigenvalue weighted by Crippen LogP contribution is 2.18. The van der Waals surface area contributed by atoms with E-state index in [2.05, 4.69) is 51.9 Å². The summed E-state index contributed by atoms with van der Waals surface area (Å²) in [6, 6.07) is 9.85. The Bertz CT molecular complexity index is 532. The first kappa shape index (κ1) is 14.7. The molecule has 0 bridgehead atoms. The molecular formula is C17H23N3S. The summed E-state index contributed by atoms with van der Waals surface area (Å²) in [7, 11) is 2.15. The molecule has 0 aliphatic heterocycles. The molecule has 1 saturated carbocycles. The van der Waals surface area contributed by atoms with E-state index in [9.17, 15) is 0 Å². The van der Waals surface area contributed by atoms with Gasteiger partial charge in [-0.25, -0.2) is 4.98 Å². The van der Waals surface area contributed by atoms with Gasteiger partial charge in [0.2, 0.25) is 0 Å². The second kappa shape index (κ2) is 7.16. The second-order valence-electron chi connectivity index (χ2n) is 5.95. The van der Waals surface area contributed by atoms with Gasteiger partial charge < -0.3 is 5.32 Å². The van der Waals surface area contributed by atoms with Crippen LogP contribution in [0.1, 0.15) is 29.7 Å². The van der Waals surface area contributed by atoms with Crippen LogP contribution in [-0.4, -0.2) is 29.5 Å². The van der Waals surface area contributed by atoms with Crippen molar-refractivity contribution in [3.63, 3.8) is 0 Å². The van der Waals surface area contributed by atoms with Gasteiger partial charge in [0.1, 0.15) is 0 Å². The van der Waals surface area contributed by atoms with Crippen molar-refractivity contribution in [2.75, 3.05) is 13.6 Å². The van der Waals surface area contributed by atoms with E-state index in [4.69, 9.17) is 0 Å². The van der Waals surface area contributed by atoms with Crippen molar-refractivity contribution in [3.05, 3.63) is 52.0 Å². The van der Waals surface area contributed by atoms with Crippen molar-refractivity contribution < 1.29 is 0 Å². The van der Waals surface area contributed by atoms with Gasteiger partial charge in [0, 0.05) is 24.5 Å². The molecule has 0 unspecified atom stereocenters. The van der Waals surface area contributed by atoms with Crippen LogP contribution in [0.2, 0.25) is 0 Å². The van der Waals surface area contributed by atoms with Gasteiger partial charge in [0.15, 0.2) is 0 Å². The minimum atomic E-state index is 0.809. The Kier molecular flexibility index (Phi) is 5.01. The summed E-state index contributed by atoms with van der Waals surface area (Å²) in [5.41, 5.74) is 5.85. The highest BCUT2D eigenvalue weighted by Gasteiger charge is 2.19. The molecule has 1 fully saturated rings. The molecule has 1 N–H and O–H groups in total. The molecule has 3 nitrogen and oxygen atoms in total. The van der Waals surface area contributed by atoms with Gasteiger partial charge in [-0.15, -0.1) is 11.3 Å². The lowest BCUT2D eigenvalue weighted by Crippen LogP contribution is -2.19. The molecule has 4 heteroatoms. The van der Waals surface area contributed by atoms with Crippen molar-refractivity contribution in [1.82, 2.24) is 15.2 Å². The van der Waals surface area contributed by atoms with Gasteiger partial charge in [-0.2, -0.15) is 0 Å². The molecule has 0 amide bonds. The predicted octanol–water partition coefficient (Wildman–Crippen LogP) is 3.07.